The van der Waals surface area contributed by atoms with Crippen LogP contribution in [0, 0.1) is 5.82 Å². The van der Waals surface area contributed by atoms with E-state index in [9.17, 15) is 9.18 Å². The van der Waals surface area contributed by atoms with Crippen molar-refractivity contribution in [1.29, 1.82) is 0 Å². The van der Waals surface area contributed by atoms with Gasteiger partial charge in [-0.1, -0.05) is 12.1 Å². The van der Waals surface area contributed by atoms with Gasteiger partial charge in [-0.3, -0.25) is 0 Å². The number of ether oxygens (including phenoxy) is 1. The van der Waals surface area contributed by atoms with Gasteiger partial charge in [0, 0.05) is 6.54 Å². The fourth-order valence-corrected chi connectivity index (χ4v) is 1.43. The molecule has 0 saturated carbocycles. The molecule has 2 rings (SSSR count). The minimum atomic E-state index is -0.530. The molecule has 0 radical (unpaired) electrons. The molecule has 5 nitrogen and oxygen atoms in total. The SMILES string of the molecule is COC(=O)c1ccc(NCc2ccc(F)cc2)nn1. The molecule has 0 aliphatic heterocycles. The van der Waals surface area contributed by atoms with Crippen molar-refractivity contribution in [3.8, 4) is 0 Å². The van der Waals surface area contributed by atoms with Crippen LogP contribution >= 0.6 is 0 Å². The Morgan fingerprint density at radius 3 is 2.53 bits per heavy atom. The second kappa shape index (κ2) is 5.90. The van der Waals surface area contributed by atoms with Gasteiger partial charge in [-0.25, -0.2) is 9.18 Å². The Balaban J connectivity index is 1.96. The second-order valence-electron chi connectivity index (χ2n) is 3.78. The Labute approximate surface area is 109 Å². The number of rotatable bonds is 4. The molecular weight excluding hydrogens is 249 g/mol. The zero-order chi connectivity index (χ0) is 13.7. The number of methoxy groups -OCH3 is 1. The monoisotopic (exact) mass is 261 g/mol. The predicted molar refractivity (Wildman–Crippen MR) is 67.1 cm³/mol. The number of carbonyl (C=O) groups is 1. The number of benzene rings is 1. The van der Waals surface area contributed by atoms with Crippen molar-refractivity contribution in [1.82, 2.24) is 10.2 Å². The number of nitrogens with one attached hydrogen (secondary N) is 1. The van der Waals surface area contributed by atoms with Crippen LogP contribution in [0.5, 0.6) is 0 Å². The lowest BCUT2D eigenvalue weighted by atomic mass is 10.2. The number of aromatic nitrogens is 2. The zero-order valence-electron chi connectivity index (χ0n) is 10.3. The highest BCUT2D eigenvalue weighted by atomic mass is 19.1. The maximum absolute atomic E-state index is 12.7. The van der Waals surface area contributed by atoms with Crippen LogP contribution in [0.2, 0.25) is 0 Å². The third-order valence-electron chi connectivity index (χ3n) is 2.45. The number of halogens is 1. The standard InChI is InChI=1S/C13H12FN3O2/c1-19-13(18)11-6-7-12(17-16-11)15-8-9-2-4-10(14)5-3-9/h2-7H,8H2,1H3,(H,15,17). The van der Waals surface area contributed by atoms with Crippen LogP contribution < -0.4 is 5.32 Å². The topological polar surface area (TPSA) is 64.1 Å². The largest absolute Gasteiger partial charge is 0.464 e. The molecule has 0 amide bonds. The van der Waals surface area contributed by atoms with Gasteiger partial charge >= 0.3 is 5.97 Å². The van der Waals surface area contributed by atoms with E-state index in [4.69, 9.17) is 0 Å². The molecule has 0 fully saturated rings. The van der Waals surface area contributed by atoms with Crippen molar-refractivity contribution in [3.05, 3.63) is 53.5 Å². The van der Waals surface area contributed by atoms with Crippen LogP contribution in [0.1, 0.15) is 16.1 Å². The molecular formula is C13H12FN3O2. The number of carbonyl (C=O) groups excluding carboxylic acids is 1. The molecule has 1 aromatic heterocycles. The van der Waals surface area contributed by atoms with E-state index in [1.165, 1.54) is 25.3 Å². The lowest BCUT2D eigenvalue weighted by molar-refractivity contribution is 0.0593. The summed E-state index contributed by atoms with van der Waals surface area (Å²) in [5.41, 5.74) is 1.06. The Morgan fingerprint density at radius 1 is 1.21 bits per heavy atom. The van der Waals surface area contributed by atoms with Gasteiger partial charge in [0.15, 0.2) is 5.69 Å². The average Bonchev–Trinajstić information content (AvgIpc) is 2.46. The van der Waals surface area contributed by atoms with E-state index in [1.807, 2.05) is 0 Å². The van der Waals surface area contributed by atoms with Gasteiger partial charge in [0.1, 0.15) is 11.6 Å². The number of hydrogen-bond acceptors (Lipinski definition) is 5. The van der Waals surface area contributed by atoms with Gasteiger partial charge in [0.2, 0.25) is 0 Å². The fourth-order valence-electron chi connectivity index (χ4n) is 1.43. The molecule has 0 saturated heterocycles. The van der Waals surface area contributed by atoms with Gasteiger partial charge in [-0.2, -0.15) is 0 Å². The highest BCUT2D eigenvalue weighted by Crippen LogP contribution is 2.07. The summed E-state index contributed by atoms with van der Waals surface area (Å²) in [7, 11) is 1.28. The molecule has 1 heterocycles. The Morgan fingerprint density at radius 2 is 1.95 bits per heavy atom. The molecule has 1 N–H and O–H groups in total. The molecule has 2 aromatic rings. The summed E-state index contributed by atoms with van der Waals surface area (Å²) in [6, 6.07) is 9.29. The lowest BCUT2D eigenvalue weighted by Gasteiger charge is -2.05. The summed E-state index contributed by atoms with van der Waals surface area (Å²) in [5, 5.41) is 10.6. The molecule has 19 heavy (non-hydrogen) atoms. The maximum atomic E-state index is 12.7. The number of anilines is 1. The van der Waals surface area contributed by atoms with E-state index in [0.29, 0.717) is 12.4 Å². The summed E-state index contributed by atoms with van der Waals surface area (Å²) in [6.07, 6.45) is 0. The summed E-state index contributed by atoms with van der Waals surface area (Å²) >= 11 is 0. The molecule has 98 valence electrons. The van der Waals surface area contributed by atoms with Gasteiger partial charge in [0.05, 0.1) is 7.11 Å². The first-order valence-corrected chi connectivity index (χ1v) is 5.59. The van der Waals surface area contributed by atoms with Crippen molar-refractivity contribution >= 4 is 11.8 Å². The summed E-state index contributed by atoms with van der Waals surface area (Å²) in [5.74, 6) is -0.277. The van der Waals surface area contributed by atoms with Crippen LogP contribution in [-0.2, 0) is 11.3 Å². The highest BCUT2D eigenvalue weighted by molar-refractivity contribution is 5.86. The predicted octanol–water partition coefficient (Wildman–Crippen LogP) is 2.01. The quantitative estimate of drug-likeness (QED) is 0.853. The number of hydrogen-bond donors (Lipinski definition) is 1. The normalized spacial score (nSPS) is 10.0. The third kappa shape index (κ3) is 3.48. The van der Waals surface area contributed by atoms with E-state index < -0.39 is 5.97 Å². The van der Waals surface area contributed by atoms with Crippen LogP contribution in [0.25, 0.3) is 0 Å². The van der Waals surface area contributed by atoms with Crippen molar-refractivity contribution in [2.45, 2.75) is 6.54 Å². The summed E-state index contributed by atoms with van der Waals surface area (Å²) < 4.78 is 17.2. The van der Waals surface area contributed by atoms with Gasteiger partial charge < -0.3 is 10.1 Å². The van der Waals surface area contributed by atoms with Crippen LogP contribution in [0.15, 0.2) is 36.4 Å². The third-order valence-corrected chi connectivity index (χ3v) is 2.45. The van der Waals surface area contributed by atoms with Crippen molar-refractivity contribution in [3.63, 3.8) is 0 Å². The lowest BCUT2D eigenvalue weighted by Crippen LogP contribution is -2.08. The molecule has 0 unspecified atom stereocenters. The van der Waals surface area contributed by atoms with E-state index >= 15 is 0 Å². The summed E-state index contributed by atoms with van der Waals surface area (Å²) in [4.78, 5) is 11.2. The molecule has 0 atom stereocenters. The Hall–Kier alpha value is -2.50. The van der Waals surface area contributed by atoms with Crippen molar-refractivity contribution in [2.75, 3.05) is 12.4 Å². The molecule has 6 heteroatoms. The fraction of sp³-hybridized carbons (Fsp3) is 0.154. The van der Waals surface area contributed by atoms with E-state index in [2.05, 4.69) is 20.3 Å². The Bertz CT molecular complexity index is 555. The molecule has 0 aliphatic carbocycles. The number of esters is 1. The van der Waals surface area contributed by atoms with Crippen molar-refractivity contribution in [2.24, 2.45) is 0 Å². The highest BCUT2D eigenvalue weighted by Gasteiger charge is 2.07. The minimum Gasteiger partial charge on any atom is -0.464 e. The molecule has 0 aliphatic rings. The maximum Gasteiger partial charge on any atom is 0.358 e. The Kier molecular flexibility index (Phi) is 4.02. The first-order chi connectivity index (χ1) is 9.19. The van der Waals surface area contributed by atoms with E-state index in [1.54, 1.807) is 18.2 Å². The van der Waals surface area contributed by atoms with Gasteiger partial charge in [-0.05, 0) is 29.8 Å². The molecule has 1 aromatic carbocycles. The zero-order valence-corrected chi connectivity index (χ0v) is 10.3. The number of nitrogens with zero attached hydrogens (tertiary/aromatic N) is 2. The molecule has 0 bridgehead atoms. The van der Waals surface area contributed by atoms with Gasteiger partial charge in [-0.15, -0.1) is 10.2 Å². The minimum absolute atomic E-state index is 0.148. The second-order valence-corrected chi connectivity index (χ2v) is 3.78. The van der Waals surface area contributed by atoms with E-state index in [-0.39, 0.29) is 11.5 Å². The summed E-state index contributed by atoms with van der Waals surface area (Å²) in [6.45, 7) is 0.493. The van der Waals surface area contributed by atoms with E-state index in [0.717, 1.165) is 5.56 Å². The average molecular weight is 261 g/mol. The van der Waals surface area contributed by atoms with Crippen LogP contribution in [0.3, 0.4) is 0 Å². The first-order valence-electron chi connectivity index (χ1n) is 5.59. The van der Waals surface area contributed by atoms with Crippen molar-refractivity contribution < 1.29 is 13.9 Å². The van der Waals surface area contributed by atoms with Gasteiger partial charge in [0.25, 0.3) is 0 Å². The van der Waals surface area contributed by atoms with Crippen LogP contribution in [0.4, 0.5) is 10.2 Å². The molecule has 0 spiro atoms. The smallest absolute Gasteiger partial charge is 0.358 e. The first kappa shape index (κ1) is 12.9. The van der Waals surface area contributed by atoms with Crippen LogP contribution in [-0.4, -0.2) is 23.3 Å².